The lowest BCUT2D eigenvalue weighted by atomic mass is 10.0. The minimum absolute atomic E-state index is 0.0234. The van der Waals surface area contributed by atoms with Crippen LogP contribution in [0.2, 0.25) is 4.34 Å². The SMILES string of the molecule is O=CC1(Cc2csc(Cl)c2)CC1. The van der Waals surface area contributed by atoms with Gasteiger partial charge in [0.1, 0.15) is 6.29 Å². The molecule has 0 unspecified atom stereocenters. The summed E-state index contributed by atoms with van der Waals surface area (Å²) in [5.74, 6) is 0. The summed E-state index contributed by atoms with van der Waals surface area (Å²) in [6.07, 6.45) is 4.06. The van der Waals surface area contributed by atoms with Gasteiger partial charge in [-0.2, -0.15) is 0 Å². The van der Waals surface area contributed by atoms with Crippen LogP contribution in [0.4, 0.5) is 0 Å². The van der Waals surface area contributed by atoms with Crippen molar-refractivity contribution in [2.24, 2.45) is 5.41 Å². The number of carbonyl (C=O) groups excluding carboxylic acids is 1. The van der Waals surface area contributed by atoms with Crippen LogP contribution >= 0.6 is 22.9 Å². The number of aldehydes is 1. The Morgan fingerprint density at radius 1 is 1.67 bits per heavy atom. The van der Waals surface area contributed by atoms with Crippen molar-refractivity contribution in [1.29, 1.82) is 0 Å². The Balaban J connectivity index is 2.08. The predicted octanol–water partition coefficient (Wildman–Crippen LogP) is 2.92. The summed E-state index contributed by atoms with van der Waals surface area (Å²) in [4.78, 5) is 10.7. The Morgan fingerprint density at radius 2 is 2.42 bits per heavy atom. The maximum absolute atomic E-state index is 10.7. The van der Waals surface area contributed by atoms with E-state index in [0.717, 1.165) is 29.9 Å². The van der Waals surface area contributed by atoms with Crippen molar-refractivity contribution >= 4 is 29.2 Å². The topological polar surface area (TPSA) is 17.1 Å². The Labute approximate surface area is 80.4 Å². The second-order valence-electron chi connectivity index (χ2n) is 3.42. The molecule has 0 radical (unpaired) electrons. The van der Waals surface area contributed by atoms with Gasteiger partial charge in [-0.25, -0.2) is 0 Å². The average Bonchev–Trinajstić information content (AvgIpc) is 2.71. The quantitative estimate of drug-likeness (QED) is 0.686. The highest BCUT2D eigenvalue weighted by Gasteiger charge is 2.42. The number of thiophene rings is 1. The van der Waals surface area contributed by atoms with Gasteiger partial charge in [0, 0.05) is 5.41 Å². The highest BCUT2D eigenvalue weighted by atomic mass is 35.5. The van der Waals surface area contributed by atoms with Gasteiger partial charge >= 0.3 is 0 Å². The summed E-state index contributed by atoms with van der Waals surface area (Å²) < 4.78 is 0.812. The first-order chi connectivity index (χ1) is 5.74. The van der Waals surface area contributed by atoms with E-state index in [1.54, 1.807) is 0 Å². The lowest BCUT2D eigenvalue weighted by Crippen LogP contribution is -2.04. The van der Waals surface area contributed by atoms with E-state index < -0.39 is 0 Å². The zero-order valence-electron chi connectivity index (χ0n) is 6.55. The van der Waals surface area contributed by atoms with Crippen LogP contribution in [0, 0.1) is 5.41 Å². The highest BCUT2D eigenvalue weighted by Crippen LogP contribution is 2.46. The third-order valence-electron chi connectivity index (χ3n) is 2.32. The fourth-order valence-corrected chi connectivity index (χ4v) is 2.25. The summed E-state index contributed by atoms with van der Waals surface area (Å²) >= 11 is 7.32. The van der Waals surface area contributed by atoms with Gasteiger partial charge in [0.25, 0.3) is 0 Å². The van der Waals surface area contributed by atoms with Gasteiger partial charge in [-0.3, -0.25) is 0 Å². The molecule has 3 heteroatoms. The van der Waals surface area contributed by atoms with Crippen LogP contribution in [0.15, 0.2) is 11.4 Å². The number of carbonyl (C=O) groups is 1. The van der Waals surface area contributed by atoms with Crippen LogP contribution in [-0.4, -0.2) is 6.29 Å². The zero-order valence-corrected chi connectivity index (χ0v) is 8.12. The molecule has 64 valence electrons. The number of hydrogen-bond donors (Lipinski definition) is 0. The summed E-state index contributed by atoms with van der Waals surface area (Å²) in [7, 11) is 0. The van der Waals surface area contributed by atoms with Crippen LogP contribution in [0.5, 0.6) is 0 Å². The molecule has 0 bridgehead atoms. The van der Waals surface area contributed by atoms with E-state index in [0.29, 0.717) is 0 Å². The maximum Gasteiger partial charge on any atom is 0.126 e. The van der Waals surface area contributed by atoms with Crippen LogP contribution in [0.25, 0.3) is 0 Å². The van der Waals surface area contributed by atoms with Crippen molar-refractivity contribution in [3.8, 4) is 0 Å². The molecular weight excluding hydrogens is 192 g/mol. The molecule has 1 heterocycles. The average molecular weight is 201 g/mol. The standard InChI is InChI=1S/C9H9ClOS/c10-8-3-7(5-12-8)4-9(6-11)1-2-9/h3,5-6H,1-2,4H2. The van der Waals surface area contributed by atoms with E-state index in [1.807, 2.05) is 11.4 Å². The van der Waals surface area contributed by atoms with Crippen LogP contribution < -0.4 is 0 Å². The van der Waals surface area contributed by atoms with Gasteiger partial charge in [-0.15, -0.1) is 11.3 Å². The third kappa shape index (κ3) is 1.54. The van der Waals surface area contributed by atoms with Crippen molar-refractivity contribution in [2.75, 3.05) is 0 Å². The second-order valence-corrected chi connectivity index (χ2v) is 4.96. The minimum Gasteiger partial charge on any atom is -0.303 e. The molecule has 0 amide bonds. The van der Waals surface area contributed by atoms with Gasteiger partial charge in [0.05, 0.1) is 4.34 Å². The van der Waals surface area contributed by atoms with Crippen molar-refractivity contribution in [1.82, 2.24) is 0 Å². The van der Waals surface area contributed by atoms with Crippen molar-refractivity contribution in [3.05, 3.63) is 21.3 Å². The Kier molecular flexibility index (Phi) is 1.97. The first kappa shape index (κ1) is 8.27. The molecule has 12 heavy (non-hydrogen) atoms. The molecule has 1 aromatic heterocycles. The fourth-order valence-electron chi connectivity index (χ4n) is 1.34. The van der Waals surface area contributed by atoms with Gasteiger partial charge in [-0.05, 0) is 36.3 Å². The smallest absolute Gasteiger partial charge is 0.126 e. The monoisotopic (exact) mass is 200 g/mol. The molecule has 1 aliphatic carbocycles. The molecule has 1 fully saturated rings. The predicted molar refractivity (Wildman–Crippen MR) is 50.8 cm³/mol. The Hall–Kier alpha value is -0.340. The van der Waals surface area contributed by atoms with Crippen LogP contribution in [-0.2, 0) is 11.2 Å². The van der Waals surface area contributed by atoms with Crippen molar-refractivity contribution in [3.63, 3.8) is 0 Å². The van der Waals surface area contributed by atoms with E-state index >= 15 is 0 Å². The molecule has 0 aromatic carbocycles. The lowest BCUT2D eigenvalue weighted by Gasteiger charge is -2.02. The molecule has 1 nitrogen and oxygen atoms in total. The second kappa shape index (κ2) is 2.86. The molecule has 1 aromatic rings. The zero-order chi connectivity index (χ0) is 8.60. The van der Waals surface area contributed by atoms with Crippen molar-refractivity contribution in [2.45, 2.75) is 19.3 Å². The third-order valence-corrected chi connectivity index (χ3v) is 3.46. The number of halogens is 1. The largest absolute Gasteiger partial charge is 0.303 e. The fraction of sp³-hybridized carbons (Fsp3) is 0.444. The number of hydrogen-bond acceptors (Lipinski definition) is 2. The lowest BCUT2D eigenvalue weighted by molar-refractivity contribution is -0.112. The Morgan fingerprint density at radius 3 is 2.83 bits per heavy atom. The van der Waals surface area contributed by atoms with Gasteiger partial charge in [-0.1, -0.05) is 11.6 Å². The summed E-state index contributed by atoms with van der Waals surface area (Å²) in [5, 5.41) is 2.03. The summed E-state index contributed by atoms with van der Waals surface area (Å²) in [5.41, 5.74) is 1.18. The van der Waals surface area contributed by atoms with Gasteiger partial charge in [0.2, 0.25) is 0 Å². The maximum atomic E-state index is 10.7. The molecule has 0 aliphatic heterocycles. The molecule has 0 spiro atoms. The van der Waals surface area contributed by atoms with Crippen LogP contribution in [0.1, 0.15) is 18.4 Å². The van der Waals surface area contributed by atoms with E-state index in [-0.39, 0.29) is 5.41 Å². The molecule has 0 N–H and O–H groups in total. The van der Waals surface area contributed by atoms with Gasteiger partial charge in [0.15, 0.2) is 0 Å². The molecule has 0 atom stereocenters. The number of rotatable bonds is 3. The first-order valence-corrected chi connectivity index (χ1v) is 5.19. The molecule has 1 aliphatic rings. The normalized spacial score (nSPS) is 19.1. The molecular formula is C9H9ClOS. The molecule has 1 saturated carbocycles. The van der Waals surface area contributed by atoms with Gasteiger partial charge < -0.3 is 4.79 Å². The summed E-state index contributed by atoms with van der Waals surface area (Å²) in [6.45, 7) is 0. The first-order valence-electron chi connectivity index (χ1n) is 3.93. The highest BCUT2D eigenvalue weighted by molar-refractivity contribution is 7.14. The van der Waals surface area contributed by atoms with E-state index in [2.05, 4.69) is 0 Å². The van der Waals surface area contributed by atoms with E-state index in [4.69, 9.17) is 11.6 Å². The summed E-state index contributed by atoms with van der Waals surface area (Å²) in [6, 6.07) is 1.95. The van der Waals surface area contributed by atoms with Crippen molar-refractivity contribution < 1.29 is 4.79 Å². The molecule has 0 saturated heterocycles. The van der Waals surface area contributed by atoms with E-state index in [1.165, 1.54) is 16.9 Å². The molecule has 2 rings (SSSR count). The Bertz CT molecular complexity index is 301. The van der Waals surface area contributed by atoms with Crippen LogP contribution in [0.3, 0.4) is 0 Å². The van der Waals surface area contributed by atoms with E-state index in [9.17, 15) is 4.79 Å². The minimum atomic E-state index is -0.0234.